The first kappa shape index (κ1) is 12.6. The molecular formula is C10H13F3N2O. The lowest BCUT2D eigenvalue weighted by Crippen LogP contribution is -2.41. The van der Waals surface area contributed by atoms with Gasteiger partial charge in [-0.05, 0) is 26.0 Å². The quantitative estimate of drug-likeness (QED) is 0.684. The van der Waals surface area contributed by atoms with Gasteiger partial charge in [0.2, 0.25) is 0 Å². The Kier molecular flexibility index (Phi) is 2.81. The molecule has 3 nitrogen and oxygen atoms in total. The Morgan fingerprint density at radius 2 is 1.69 bits per heavy atom. The molecule has 0 aliphatic carbocycles. The van der Waals surface area contributed by atoms with Gasteiger partial charge < -0.3 is 16.6 Å². The molecule has 0 fully saturated rings. The molecule has 90 valence electrons. The van der Waals surface area contributed by atoms with Gasteiger partial charge in [-0.1, -0.05) is 0 Å². The fourth-order valence-electron chi connectivity index (χ4n) is 1.23. The fourth-order valence-corrected chi connectivity index (χ4v) is 1.23. The number of rotatable bonds is 2. The van der Waals surface area contributed by atoms with Crippen LogP contribution in [0.3, 0.4) is 0 Å². The maximum absolute atomic E-state index is 13.7. The molecule has 0 saturated heterocycles. The summed E-state index contributed by atoms with van der Waals surface area (Å²) in [7, 11) is 0. The van der Waals surface area contributed by atoms with E-state index in [2.05, 4.69) is 0 Å². The summed E-state index contributed by atoms with van der Waals surface area (Å²) < 4.78 is 40.8. The standard InChI is InChI=1S/C10H13F3N2O/c1-9(2,16)10(12,13)6-3-5(14)4-7(15)8(6)11/h3-4,16H,14-15H2,1-2H3. The van der Waals surface area contributed by atoms with E-state index in [0.29, 0.717) is 0 Å². The summed E-state index contributed by atoms with van der Waals surface area (Å²) in [5.74, 6) is -5.04. The van der Waals surface area contributed by atoms with Crippen LogP contribution in [0, 0.1) is 5.82 Å². The molecule has 0 saturated carbocycles. The highest BCUT2D eigenvalue weighted by Gasteiger charge is 2.49. The Labute approximate surface area is 90.9 Å². The SMILES string of the molecule is CC(C)(O)C(F)(F)c1cc(N)cc(N)c1F. The Morgan fingerprint density at radius 3 is 2.12 bits per heavy atom. The number of hydrogen-bond donors (Lipinski definition) is 3. The van der Waals surface area contributed by atoms with Crippen molar-refractivity contribution in [2.45, 2.75) is 25.4 Å². The third-order valence-corrected chi connectivity index (χ3v) is 2.23. The normalized spacial score (nSPS) is 12.9. The van der Waals surface area contributed by atoms with Crippen LogP contribution in [0.1, 0.15) is 19.4 Å². The van der Waals surface area contributed by atoms with Gasteiger partial charge >= 0.3 is 5.92 Å². The van der Waals surface area contributed by atoms with Crippen molar-refractivity contribution in [1.29, 1.82) is 0 Å². The molecular weight excluding hydrogens is 221 g/mol. The number of halogens is 3. The van der Waals surface area contributed by atoms with Crippen molar-refractivity contribution in [2.75, 3.05) is 11.5 Å². The fraction of sp³-hybridized carbons (Fsp3) is 0.400. The zero-order valence-corrected chi connectivity index (χ0v) is 8.89. The van der Waals surface area contributed by atoms with Crippen molar-refractivity contribution in [3.8, 4) is 0 Å². The average molecular weight is 234 g/mol. The molecule has 16 heavy (non-hydrogen) atoms. The average Bonchev–Trinajstić information content (AvgIpc) is 2.09. The molecule has 1 rings (SSSR count). The summed E-state index contributed by atoms with van der Waals surface area (Å²) in [5.41, 5.74) is 6.53. The summed E-state index contributed by atoms with van der Waals surface area (Å²) in [6.07, 6.45) is 0. The van der Waals surface area contributed by atoms with Crippen molar-refractivity contribution < 1.29 is 18.3 Å². The van der Waals surface area contributed by atoms with Crippen LogP contribution in [0.15, 0.2) is 12.1 Å². The van der Waals surface area contributed by atoms with Crippen LogP contribution in [0.4, 0.5) is 24.5 Å². The van der Waals surface area contributed by atoms with Gasteiger partial charge in [0.15, 0.2) is 5.82 Å². The molecule has 0 bridgehead atoms. The van der Waals surface area contributed by atoms with Crippen LogP contribution in [-0.2, 0) is 5.92 Å². The molecule has 1 aromatic carbocycles. The van der Waals surface area contributed by atoms with E-state index in [1.165, 1.54) is 0 Å². The monoisotopic (exact) mass is 234 g/mol. The van der Waals surface area contributed by atoms with Crippen molar-refractivity contribution in [2.24, 2.45) is 0 Å². The van der Waals surface area contributed by atoms with Crippen molar-refractivity contribution in [1.82, 2.24) is 0 Å². The third-order valence-electron chi connectivity index (χ3n) is 2.23. The number of nitrogen functional groups attached to an aromatic ring is 2. The smallest absolute Gasteiger partial charge is 0.303 e. The van der Waals surface area contributed by atoms with Gasteiger partial charge in [-0.3, -0.25) is 0 Å². The number of nitrogens with two attached hydrogens (primary N) is 2. The molecule has 1 aromatic rings. The second-order valence-electron chi connectivity index (χ2n) is 4.11. The first-order valence-electron chi connectivity index (χ1n) is 4.52. The summed E-state index contributed by atoms with van der Waals surface area (Å²) in [6.45, 7) is 1.76. The van der Waals surface area contributed by atoms with Gasteiger partial charge in [0, 0.05) is 5.69 Å². The zero-order valence-electron chi connectivity index (χ0n) is 8.89. The summed E-state index contributed by atoms with van der Waals surface area (Å²) in [4.78, 5) is 0. The predicted molar refractivity (Wildman–Crippen MR) is 55.4 cm³/mol. The van der Waals surface area contributed by atoms with E-state index in [1.807, 2.05) is 0 Å². The second-order valence-corrected chi connectivity index (χ2v) is 4.11. The topological polar surface area (TPSA) is 72.3 Å². The van der Waals surface area contributed by atoms with Gasteiger partial charge in [-0.2, -0.15) is 8.78 Å². The van der Waals surface area contributed by atoms with Gasteiger partial charge in [0.25, 0.3) is 0 Å². The Balaban J connectivity index is 3.44. The third kappa shape index (κ3) is 1.92. The van der Waals surface area contributed by atoms with Gasteiger partial charge in [0.05, 0.1) is 11.3 Å². The minimum absolute atomic E-state index is 0.0853. The van der Waals surface area contributed by atoms with E-state index < -0.39 is 28.6 Å². The maximum Gasteiger partial charge on any atom is 0.303 e. The highest BCUT2D eigenvalue weighted by atomic mass is 19.3. The Morgan fingerprint density at radius 1 is 1.19 bits per heavy atom. The van der Waals surface area contributed by atoms with Crippen LogP contribution in [0.25, 0.3) is 0 Å². The second kappa shape index (κ2) is 3.55. The summed E-state index contributed by atoms with van der Waals surface area (Å²) in [5, 5.41) is 9.31. The van der Waals surface area contributed by atoms with Crippen molar-refractivity contribution in [3.05, 3.63) is 23.5 Å². The first-order chi connectivity index (χ1) is 7.07. The number of aliphatic hydroxyl groups is 1. The molecule has 0 unspecified atom stereocenters. The van der Waals surface area contributed by atoms with Crippen LogP contribution in [-0.4, -0.2) is 10.7 Å². The molecule has 0 aliphatic heterocycles. The van der Waals surface area contributed by atoms with E-state index in [1.54, 1.807) is 0 Å². The van der Waals surface area contributed by atoms with Crippen LogP contribution < -0.4 is 11.5 Å². The van der Waals surface area contributed by atoms with Crippen LogP contribution in [0.2, 0.25) is 0 Å². The molecule has 0 amide bonds. The molecule has 0 heterocycles. The zero-order chi connectivity index (χ0) is 12.7. The minimum atomic E-state index is -3.78. The van der Waals surface area contributed by atoms with Gasteiger partial charge in [-0.15, -0.1) is 0 Å². The molecule has 0 spiro atoms. The summed E-state index contributed by atoms with van der Waals surface area (Å²) in [6, 6.07) is 1.81. The largest absolute Gasteiger partial charge is 0.399 e. The summed E-state index contributed by atoms with van der Waals surface area (Å²) >= 11 is 0. The van der Waals surface area contributed by atoms with E-state index in [4.69, 9.17) is 11.5 Å². The van der Waals surface area contributed by atoms with E-state index >= 15 is 0 Å². The number of anilines is 2. The highest BCUT2D eigenvalue weighted by Crippen LogP contribution is 2.41. The first-order valence-corrected chi connectivity index (χ1v) is 4.52. The van der Waals surface area contributed by atoms with E-state index in [0.717, 1.165) is 26.0 Å². The molecule has 0 aliphatic rings. The number of alkyl halides is 2. The van der Waals surface area contributed by atoms with Crippen LogP contribution in [0.5, 0.6) is 0 Å². The van der Waals surface area contributed by atoms with Crippen LogP contribution >= 0.6 is 0 Å². The Bertz CT molecular complexity index is 413. The predicted octanol–water partition coefficient (Wildman–Crippen LogP) is 1.85. The Hall–Kier alpha value is -1.43. The van der Waals surface area contributed by atoms with Crippen molar-refractivity contribution in [3.63, 3.8) is 0 Å². The highest BCUT2D eigenvalue weighted by molar-refractivity contribution is 5.56. The molecule has 6 heteroatoms. The molecule has 0 radical (unpaired) electrons. The lowest BCUT2D eigenvalue weighted by Gasteiger charge is -2.29. The minimum Gasteiger partial charge on any atom is -0.399 e. The van der Waals surface area contributed by atoms with Crippen molar-refractivity contribution >= 4 is 11.4 Å². The van der Waals surface area contributed by atoms with Gasteiger partial charge in [0.1, 0.15) is 5.60 Å². The molecule has 0 atom stereocenters. The lowest BCUT2D eigenvalue weighted by atomic mass is 9.92. The van der Waals surface area contributed by atoms with E-state index in [-0.39, 0.29) is 5.69 Å². The number of hydrogen-bond acceptors (Lipinski definition) is 3. The lowest BCUT2D eigenvalue weighted by molar-refractivity contribution is -0.170. The molecule has 0 aromatic heterocycles. The maximum atomic E-state index is 13.7. The molecule has 5 N–H and O–H groups in total. The van der Waals surface area contributed by atoms with Gasteiger partial charge in [-0.25, -0.2) is 4.39 Å². The number of benzene rings is 1. The van der Waals surface area contributed by atoms with E-state index in [9.17, 15) is 18.3 Å².